The number of aromatic carboxylic acids is 1. The Labute approximate surface area is 110 Å². The molecule has 0 saturated carbocycles. The maximum atomic E-state index is 10.8. The second-order valence-corrected chi connectivity index (χ2v) is 5.59. The fourth-order valence-electron chi connectivity index (χ4n) is 3.74. The molecule has 3 aliphatic heterocycles. The molecule has 3 aliphatic rings. The summed E-state index contributed by atoms with van der Waals surface area (Å²) in [6, 6.07) is 0. The second kappa shape index (κ2) is 3.90. The number of aromatic nitrogens is 2. The zero-order chi connectivity index (χ0) is 13.0. The predicted octanol–water partition coefficient (Wildman–Crippen LogP) is 0.788. The van der Waals surface area contributed by atoms with E-state index >= 15 is 0 Å². The minimum atomic E-state index is -1.04. The third-order valence-electron chi connectivity index (χ3n) is 4.63. The van der Waals surface area contributed by atoms with Gasteiger partial charge in [0.2, 0.25) is 0 Å². The lowest BCUT2D eigenvalue weighted by molar-refractivity contribution is 0.0690. The topological polar surface area (TPSA) is 75.5 Å². The Hall–Kier alpha value is -1.69. The summed E-state index contributed by atoms with van der Waals surface area (Å²) in [7, 11) is 0. The van der Waals surface area contributed by atoms with Gasteiger partial charge in [-0.25, -0.2) is 14.8 Å². The first-order chi connectivity index (χ1) is 9.22. The molecular weight excluding hydrogens is 246 g/mol. The van der Waals surface area contributed by atoms with Crippen molar-refractivity contribution in [1.82, 2.24) is 9.97 Å². The van der Waals surface area contributed by atoms with Gasteiger partial charge in [0, 0.05) is 24.9 Å². The van der Waals surface area contributed by atoms with Crippen molar-refractivity contribution in [2.24, 2.45) is 11.8 Å². The molecule has 19 heavy (non-hydrogen) atoms. The highest BCUT2D eigenvalue weighted by molar-refractivity contribution is 5.84. The van der Waals surface area contributed by atoms with Crippen LogP contribution in [0.3, 0.4) is 0 Å². The predicted molar refractivity (Wildman–Crippen MR) is 66.1 cm³/mol. The summed E-state index contributed by atoms with van der Waals surface area (Å²) in [4.78, 5) is 21.1. The van der Waals surface area contributed by atoms with Crippen LogP contribution in [0.1, 0.15) is 23.3 Å². The van der Waals surface area contributed by atoms with Crippen LogP contribution in [0.2, 0.25) is 0 Å². The van der Waals surface area contributed by atoms with E-state index in [1.165, 1.54) is 19.0 Å². The Kier molecular flexibility index (Phi) is 2.29. The molecule has 4 rings (SSSR count). The molecule has 6 heteroatoms. The van der Waals surface area contributed by atoms with Crippen molar-refractivity contribution >= 4 is 11.8 Å². The molecule has 0 aliphatic carbocycles. The van der Waals surface area contributed by atoms with Crippen molar-refractivity contribution in [2.75, 3.05) is 18.0 Å². The van der Waals surface area contributed by atoms with Crippen LogP contribution in [-0.4, -0.2) is 46.3 Å². The fraction of sp³-hybridized carbons (Fsp3) is 0.615. The molecule has 1 N–H and O–H groups in total. The van der Waals surface area contributed by atoms with Gasteiger partial charge in [0.25, 0.3) is 0 Å². The van der Waals surface area contributed by atoms with Crippen LogP contribution in [0.15, 0.2) is 12.4 Å². The molecule has 1 aromatic heterocycles. The van der Waals surface area contributed by atoms with E-state index < -0.39 is 5.97 Å². The van der Waals surface area contributed by atoms with Crippen LogP contribution in [-0.2, 0) is 4.74 Å². The van der Waals surface area contributed by atoms with E-state index in [1.54, 1.807) is 6.20 Å². The van der Waals surface area contributed by atoms with Gasteiger partial charge in [-0.3, -0.25) is 0 Å². The lowest BCUT2D eigenvalue weighted by atomic mass is 9.82. The minimum absolute atomic E-state index is 0.00783. The number of nitrogens with zero attached hydrogens (tertiary/aromatic N) is 3. The molecule has 0 spiro atoms. The van der Waals surface area contributed by atoms with Crippen LogP contribution >= 0.6 is 0 Å². The van der Waals surface area contributed by atoms with Gasteiger partial charge in [-0.1, -0.05) is 0 Å². The van der Waals surface area contributed by atoms with Crippen molar-refractivity contribution in [3.63, 3.8) is 0 Å². The van der Waals surface area contributed by atoms with Crippen molar-refractivity contribution in [3.8, 4) is 0 Å². The zero-order valence-electron chi connectivity index (χ0n) is 10.4. The summed E-state index contributed by atoms with van der Waals surface area (Å²) in [6.45, 7) is 1.90. The summed E-state index contributed by atoms with van der Waals surface area (Å²) >= 11 is 0. The number of hydrogen-bond acceptors (Lipinski definition) is 5. The molecule has 0 amide bonds. The lowest BCUT2D eigenvalue weighted by Crippen LogP contribution is -2.25. The first kappa shape index (κ1) is 11.2. The molecule has 4 unspecified atom stereocenters. The molecular formula is C13H15N3O3. The summed E-state index contributed by atoms with van der Waals surface area (Å²) in [5.41, 5.74) is -0.00783. The van der Waals surface area contributed by atoms with Crippen LogP contribution in [0, 0.1) is 11.8 Å². The van der Waals surface area contributed by atoms with E-state index in [9.17, 15) is 4.79 Å². The SMILES string of the molecule is O=C(O)c1cnc(N2CC3C4CCC(O4)C3C2)cn1. The summed E-state index contributed by atoms with van der Waals surface area (Å²) < 4.78 is 5.93. The maximum absolute atomic E-state index is 10.8. The Morgan fingerprint density at radius 1 is 1.21 bits per heavy atom. The van der Waals surface area contributed by atoms with Crippen LogP contribution in [0.25, 0.3) is 0 Å². The van der Waals surface area contributed by atoms with E-state index in [1.807, 2.05) is 0 Å². The number of carboxylic acid groups (broad SMARTS) is 1. The Morgan fingerprint density at radius 3 is 2.42 bits per heavy atom. The monoisotopic (exact) mass is 261 g/mol. The summed E-state index contributed by atoms with van der Waals surface area (Å²) in [6.07, 6.45) is 6.11. The van der Waals surface area contributed by atoms with Crippen molar-refractivity contribution in [3.05, 3.63) is 18.1 Å². The molecule has 6 nitrogen and oxygen atoms in total. The van der Waals surface area contributed by atoms with Crippen molar-refractivity contribution < 1.29 is 14.6 Å². The average Bonchev–Trinajstić information content (AvgIpc) is 3.11. The Morgan fingerprint density at radius 2 is 1.89 bits per heavy atom. The maximum Gasteiger partial charge on any atom is 0.356 e. The summed E-state index contributed by atoms with van der Waals surface area (Å²) in [5, 5.41) is 8.82. The van der Waals surface area contributed by atoms with Gasteiger partial charge >= 0.3 is 5.97 Å². The molecule has 2 bridgehead atoms. The highest BCUT2D eigenvalue weighted by Gasteiger charge is 2.53. The summed E-state index contributed by atoms with van der Waals surface area (Å²) in [5.74, 6) is 0.960. The lowest BCUT2D eigenvalue weighted by Gasteiger charge is -2.19. The molecule has 100 valence electrons. The number of carboxylic acids is 1. The zero-order valence-corrected chi connectivity index (χ0v) is 10.4. The number of fused-ring (bicyclic) bond motifs is 5. The molecule has 3 fully saturated rings. The highest BCUT2D eigenvalue weighted by Crippen LogP contribution is 2.47. The van der Waals surface area contributed by atoms with Crippen molar-refractivity contribution in [1.29, 1.82) is 0 Å². The van der Waals surface area contributed by atoms with Gasteiger partial charge in [-0.05, 0) is 12.8 Å². The highest BCUT2D eigenvalue weighted by atomic mass is 16.5. The van der Waals surface area contributed by atoms with Crippen LogP contribution in [0.5, 0.6) is 0 Å². The third-order valence-corrected chi connectivity index (χ3v) is 4.63. The smallest absolute Gasteiger partial charge is 0.356 e. The Balaban J connectivity index is 1.53. The normalized spacial score (nSPS) is 35.7. The fourth-order valence-corrected chi connectivity index (χ4v) is 3.74. The molecule has 4 atom stereocenters. The minimum Gasteiger partial charge on any atom is -0.476 e. The van der Waals surface area contributed by atoms with E-state index in [2.05, 4.69) is 14.9 Å². The van der Waals surface area contributed by atoms with E-state index in [4.69, 9.17) is 9.84 Å². The van der Waals surface area contributed by atoms with Crippen LogP contribution in [0.4, 0.5) is 5.82 Å². The Bertz CT molecular complexity index is 500. The number of anilines is 1. The number of carbonyl (C=O) groups is 1. The number of hydrogen-bond donors (Lipinski definition) is 1. The number of ether oxygens (including phenoxy) is 1. The molecule has 1 aromatic rings. The van der Waals surface area contributed by atoms with E-state index in [0.717, 1.165) is 18.9 Å². The average molecular weight is 261 g/mol. The van der Waals surface area contributed by atoms with Crippen LogP contribution < -0.4 is 4.90 Å². The molecule has 3 saturated heterocycles. The van der Waals surface area contributed by atoms with E-state index in [-0.39, 0.29) is 5.69 Å². The van der Waals surface area contributed by atoms with Gasteiger partial charge in [-0.15, -0.1) is 0 Å². The largest absolute Gasteiger partial charge is 0.476 e. The van der Waals surface area contributed by atoms with Gasteiger partial charge in [0.1, 0.15) is 5.82 Å². The third kappa shape index (κ3) is 1.63. The van der Waals surface area contributed by atoms with Gasteiger partial charge in [0.15, 0.2) is 5.69 Å². The standard InChI is InChI=1S/C13H15N3O3/c17-13(18)9-3-15-12(4-14-9)16-5-7-8(6-16)11-2-1-10(7)19-11/h3-4,7-8,10-11H,1-2,5-6H2,(H,17,18). The number of rotatable bonds is 2. The van der Waals surface area contributed by atoms with E-state index in [0.29, 0.717) is 24.0 Å². The second-order valence-electron chi connectivity index (χ2n) is 5.59. The van der Waals surface area contributed by atoms with Gasteiger partial charge < -0.3 is 14.7 Å². The first-order valence-corrected chi connectivity index (χ1v) is 6.68. The van der Waals surface area contributed by atoms with Crippen molar-refractivity contribution in [2.45, 2.75) is 25.0 Å². The molecule has 0 radical (unpaired) electrons. The molecule has 0 aromatic carbocycles. The first-order valence-electron chi connectivity index (χ1n) is 6.68. The quantitative estimate of drug-likeness (QED) is 0.848. The molecule has 4 heterocycles. The van der Waals surface area contributed by atoms with Gasteiger partial charge in [0.05, 0.1) is 24.6 Å². The van der Waals surface area contributed by atoms with Gasteiger partial charge in [-0.2, -0.15) is 0 Å².